The number of hydrogen-bond acceptors (Lipinski definition) is 2. The van der Waals surface area contributed by atoms with Crippen molar-refractivity contribution in [1.82, 2.24) is 4.90 Å². The molecule has 2 aromatic carbocycles. The van der Waals surface area contributed by atoms with Gasteiger partial charge in [0.05, 0.1) is 0 Å². The number of hydrogen-bond donors (Lipinski definition) is 1. The molecule has 1 fully saturated rings. The van der Waals surface area contributed by atoms with E-state index in [2.05, 4.69) is 22.3 Å². The van der Waals surface area contributed by atoms with Crippen LogP contribution in [0.1, 0.15) is 5.56 Å². The second-order valence-electron chi connectivity index (χ2n) is 5.55. The van der Waals surface area contributed by atoms with Gasteiger partial charge in [-0.25, -0.2) is 4.79 Å². The zero-order chi connectivity index (χ0) is 15.4. The largest absolute Gasteiger partial charge is 0.368 e. The van der Waals surface area contributed by atoms with E-state index in [1.807, 2.05) is 54.3 Å². The molecule has 114 valence electrons. The van der Waals surface area contributed by atoms with Crippen LogP contribution in [0.3, 0.4) is 0 Å². The Morgan fingerprint density at radius 2 is 1.55 bits per heavy atom. The lowest BCUT2D eigenvalue weighted by Gasteiger charge is -2.36. The molecule has 1 aliphatic heterocycles. The van der Waals surface area contributed by atoms with Crippen molar-refractivity contribution in [3.63, 3.8) is 0 Å². The summed E-state index contributed by atoms with van der Waals surface area (Å²) in [7, 11) is 0. The quantitative estimate of drug-likeness (QED) is 0.922. The van der Waals surface area contributed by atoms with Crippen LogP contribution in [0.25, 0.3) is 0 Å². The fourth-order valence-electron chi connectivity index (χ4n) is 2.71. The summed E-state index contributed by atoms with van der Waals surface area (Å²) in [6, 6.07) is 18.2. The molecule has 4 nitrogen and oxygen atoms in total. The van der Waals surface area contributed by atoms with Crippen LogP contribution < -0.4 is 10.2 Å². The number of piperazine rings is 1. The SMILES string of the molecule is Cc1ccccc1NC(=O)N1CCN(c2ccccc2)CC1. The first kappa shape index (κ1) is 14.4. The van der Waals surface area contributed by atoms with Gasteiger partial charge in [0, 0.05) is 37.6 Å². The van der Waals surface area contributed by atoms with Gasteiger partial charge >= 0.3 is 6.03 Å². The Bertz CT molecular complexity index is 634. The van der Waals surface area contributed by atoms with Crippen LogP contribution in [0.15, 0.2) is 54.6 Å². The normalized spacial score (nSPS) is 14.8. The molecule has 0 radical (unpaired) electrons. The maximum atomic E-state index is 12.4. The van der Waals surface area contributed by atoms with Crippen molar-refractivity contribution in [3.05, 3.63) is 60.2 Å². The first-order chi connectivity index (χ1) is 10.7. The number of anilines is 2. The highest BCUT2D eigenvalue weighted by molar-refractivity contribution is 5.90. The summed E-state index contributed by atoms with van der Waals surface area (Å²) in [5, 5.41) is 3.00. The average Bonchev–Trinajstić information content (AvgIpc) is 2.58. The van der Waals surface area contributed by atoms with Crippen LogP contribution in [0.5, 0.6) is 0 Å². The molecule has 22 heavy (non-hydrogen) atoms. The van der Waals surface area contributed by atoms with E-state index in [0.717, 1.165) is 37.4 Å². The first-order valence-electron chi connectivity index (χ1n) is 7.65. The Morgan fingerprint density at radius 3 is 2.23 bits per heavy atom. The van der Waals surface area contributed by atoms with E-state index in [0.29, 0.717) is 0 Å². The summed E-state index contributed by atoms with van der Waals surface area (Å²) < 4.78 is 0. The molecule has 0 spiro atoms. The van der Waals surface area contributed by atoms with E-state index < -0.39 is 0 Å². The summed E-state index contributed by atoms with van der Waals surface area (Å²) in [4.78, 5) is 16.6. The summed E-state index contributed by atoms with van der Waals surface area (Å²) in [5.74, 6) is 0. The summed E-state index contributed by atoms with van der Waals surface area (Å²) in [6.45, 7) is 5.22. The van der Waals surface area contributed by atoms with Crippen LogP contribution in [-0.4, -0.2) is 37.1 Å². The molecule has 3 rings (SSSR count). The van der Waals surface area contributed by atoms with Crippen LogP contribution in [0.4, 0.5) is 16.2 Å². The summed E-state index contributed by atoms with van der Waals surface area (Å²) >= 11 is 0. The molecule has 0 atom stereocenters. The monoisotopic (exact) mass is 295 g/mol. The molecular weight excluding hydrogens is 274 g/mol. The molecule has 4 heteroatoms. The van der Waals surface area contributed by atoms with E-state index in [1.165, 1.54) is 5.69 Å². The molecule has 1 aliphatic rings. The third kappa shape index (κ3) is 3.22. The van der Waals surface area contributed by atoms with Gasteiger partial charge in [-0.2, -0.15) is 0 Å². The van der Waals surface area contributed by atoms with Crippen molar-refractivity contribution in [2.24, 2.45) is 0 Å². The number of carbonyl (C=O) groups is 1. The zero-order valence-corrected chi connectivity index (χ0v) is 12.8. The Balaban J connectivity index is 1.57. The smallest absolute Gasteiger partial charge is 0.321 e. The van der Waals surface area contributed by atoms with Crippen LogP contribution in [0, 0.1) is 6.92 Å². The van der Waals surface area contributed by atoms with Crippen molar-refractivity contribution in [1.29, 1.82) is 0 Å². The van der Waals surface area contributed by atoms with Gasteiger partial charge in [-0.05, 0) is 30.7 Å². The highest BCUT2D eigenvalue weighted by atomic mass is 16.2. The maximum Gasteiger partial charge on any atom is 0.321 e. The van der Waals surface area contributed by atoms with Gasteiger partial charge in [0.15, 0.2) is 0 Å². The third-order valence-electron chi connectivity index (χ3n) is 4.07. The lowest BCUT2D eigenvalue weighted by Crippen LogP contribution is -2.50. The van der Waals surface area contributed by atoms with Crippen LogP contribution in [-0.2, 0) is 0 Å². The van der Waals surface area contributed by atoms with Gasteiger partial charge in [-0.3, -0.25) is 0 Å². The molecule has 1 N–H and O–H groups in total. The predicted molar refractivity (Wildman–Crippen MR) is 90.4 cm³/mol. The molecule has 1 saturated heterocycles. The van der Waals surface area contributed by atoms with Gasteiger partial charge < -0.3 is 15.1 Å². The minimum Gasteiger partial charge on any atom is -0.368 e. The molecule has 2 amide bonds. The van der Waals surface area contributed by atoms with Crippen LogP contribution in [0.2, 0.25) is 0 Å². The molecular formula is C18H21N3O. The minimum atomic E-state index is -0.0120. The van der Waals surface area contributed by atoms with Gasteiger partial charge in [-0.1, -0.05) is 36.4 Å². The molecule has 2 aromatic rings. The Kier molecular flexibility index (Phi) is 4.28. The van der Waals surface area contributed by atoms with E-state index in [1.54, 1.807) is 0 Å². The Hall–Kier alpha value is -2.49. The molecule has 0 saturated carbocycles. The number of carbonyl (C=O) groups excluding carboxylic acids is 1. The van der Waals surface area contributed by atoms with E-state index in [4.69, 9.17) is 0 Å². The lowest BCUT2D eigenvalue weighted by molar-refractivity contribution is 0.208. The first-order valence-corrected chi connectivity index (χ1v) is 7.65. The predicted octanol–water partition coefficient (Wildman–Crippen LogP) is 3.35. The molecule has 0 aromatic heterocycles. The van der Waals surface area contributed by atoms with E-state index in [-0.39, 0.29) is 6.03 Å². The fraction of sp³-hybridized carbons (Fsp3) is 0.278. The highest BCUT2D eigenvalue weighted by Crippen LogP contribution is 2.17. The maximum absolute atomic E-state index is 12.4. The van der Waals surface area contributed by atoms with Crippen molar-refractivity contribution < 1.29 is 4.79 Å². The Morgan fingerprint density at radius 1 is 0.909 bits per heavy atom. The number of nitrogens with zero attached hydrogens (tertiary/aromatic N) is 2. The van der Waals surface area contributed by atoms with E-state index in [9.17, 15) is 4.79 Å². The second-order valence-corrected chi connectivity index (χ2v) is 5.55. The zero-order valence-electron chi connectivity index (χ0n) is 12.8. The second kappa shape index (κ2) is 6.52. The number of para-hydroxylation sites is 2. The van der Waals surface area contributed by atoms with Crippen molar-refractivity contribution >= 4 is 17.4 Å². The highest BCUT2D eigenvalue weighted by Gasteiger charge is 2.21. The number of rotatable bonds is 2. The van der Waals surface area contributed by atoms with Crippen LogP contribution >= 0.6 is 0 Å². The molecule has 0 bridgehead atoms. The number of urea groups is 1. The standard InChI is InChI=1S/C18H21N3O/c1-15-7-5-6-10-17(15)19-18(22)21-13-11-20(12-14-21)16-8-3-2-4-9-16/h2-10H,11-14H2,1H3,(H,19,22). The topological polar surface area (TPSA) is 35.6 Å². The van der Waals surface area contributed by atoms with Crippen molar-refractivity contribution in [2.45, 2.75) is 6.92 Å². The molecule has 1 heterocycles. The van der Waals surface area contributed by atoms with Gasteiger partial charge in [0.2, 0.25) is 0 Å². The minimum absolute atomic E-state index is 0.0120. The summed E-state index contributed by atoms with van der Waals surface area (Å²) in [6.07, 6.45) is 0. The van der Waals surface area contributed by atoms with Gasteiger partial charge in [-0.15, -0.1) is 0 Å². The fourth-order valence-corrected chi connectivity index (χ4v) is 2.71. The third-order valence-corrected chi connectivity index (χ3v) is 4.07. The number of aryl methyl sites for hydroxylation is 1. The average molecular weight is 295 g/mol. The number of nitrogens with one attached hydrogen (secondary N) is 1. The Labute approximate surface area is 131 Å². The molecule has 0 aliphatic carbocycles. The van der Waals surface area contributed by atoms with Gasteiger partial charge in [0.25, 0.3) is 0 Å². The van der Waals surface area contributed by atoms with Crippen molar-refractivity contribution in [2.75, 3.05) is 36.4 Å². The number of benzene rings is 2. The van der Waals surface area contributed by atoms with Crippen molar-refractivity contribution in [3.8, 4) is 0 Å². The number of amides is 2. The van der Waals surface area contributed by atoms with Gasteiger partial charge in [0.1, 0.15) is 0 Å². The lowest BCUT2D eigenvalue weighted by atomic mass is 10.2. The summed E-state index contributed by atoms with van der Waals surface area (Å²) in [5.41, 5.74) is 3.19. The molecule has 0 unspecified atom stereocenters. The van der Waals surface area contributed by atoms with E-state index >= 15 is 0 Å².